The average Bonchev–Trinajstić information content (AvgIpc) is 2.36. The Morgan fingerprint density at radius 2 is 1.91 bits per heavy atom. The number of aliphatic carboxylic acids is 1. The molecule has 1 unspecified atom stereocenters. The van der Waals surface area contributed by atoms with E-state index in [2.05, 4.69) is 17.4 Å². The van der Waals surface area contributed by atoms with Crippen molar-refractivity contribution < 1.29 is 14.7 Å². The van der Waals surface area contributed by atoms with Gasteiger partial charge in [-0.2, -0.15) is 0 Å². The number of carbonyl (C=O) groups is 2. The van der Waals surface area contributed by atoms with Gasteiger partial charge in [0.15, 0.2) is 0 Å². The molecule has 0 aromatic heterocycles. The summed E-state index contributed by atoms with van der Waals surface area (Å²) in [4.78, 5) is 23.2. The number of hydrogen-bond acceptors (Lipinski definition) is 2. The Bertz CT molecular complexity index is 551. The van der Waals surface area contributed by atoms with Crippen molar-refractivity contribution in [2.45, 2.75) is 59.4 Å². The normalized spacial score (nSPS) is 13.7. The Hall–Kier alpha value is -1.84. The number of aryl methyl sites for hydroxylation is 3. The molecule has 4 nitrogen and oxygen atoms in total. The monoisotopic (exact) mass is 305 g/mol. The molecule has 0 spiro atoms. The number of carbonyl (C=O) groups excluding carboxylic acids is 1. The highest BCUT2D eigenvalue weighted by Gasteiger charge is 2.32. The summed E-state index contributed by atoms with van der Waals surface area (Å²) in [6.45, 7) is 9.73. The molecular formula is C18H27NO3. The second-order valence-corrected chi connectivity index (χ2v) is 6.62. The van der Waals surface area contributed by atoms with Gasteiger partial charge in [-0.3, -0.25) is 9.59 Å². The lowest BCUT2D eigenvalue weighted by Crippen LogP contribution is -2.51. The van der Waals surface area contributed by atoms with E-state index in [1.165, 1.54) is 11.1 Å². The van der Waals surface area contributed by atoms with Crippen LogP contribution in [-0.4, -0.2) is 22.5 Å². The molecule has 1 rings (SSSR count). The molecule has 1 amide bonds. The smallest absolute Gasteiger partial charge is 0.305 e. The van der Waals surface area contributed by atoms with Crippen molar-refractivity contribution in [2.24, 2.45) is 5.92 Å². The number of carboxylic acids is 1. The Morgan fingerprint density at radius 1 is 1.27 bits per heavy atom. The van der Waals surface area contributed by atoms with Crippen LogP contribution in [0.3, 0.4) is 0 Å². The molecule has 1 aromatic rings. The summed E-state index contributed by atoms with van der Waals surface area (Å²) in [7, 11) is 0. The predicted molar refractivity (Wildman–Crippen MR) is 87.9 cm³/mol. The number of hydrogen-bond donors (Lipinski definition) is 2. The van der Waals surface area contributed by atoms with Gasteiger partial charge >= 0.3 is 5.97 Å². The maximum Gasteiger partial charge on any atom is 0.305 e. The molecule has 0 fully saturated rings. The van der Waals surface area contributed by atoms with Gasteiger partial charge in [-0.25, -0.2) is 0 Å². The van der Waals surface area contributed by atoms with E-state index < -0.39 is 11.5 Å². The van der Waals surface area contributed by atoms with Crippen LogP contribution in [0.1, 0.15) is 50.3 Å². The number of nitrogens with one attached hydrogen (secondary N) is 1. The standard InChI is InChI=1S/C18H27NO3/c1-12(2)18(5,11-17(21)22)19-16(20)9-8-15-7-6-13(3)10-14(15)4/h6-7,10,12H,8-9,11H2,1-5H3,(H,19,20)(H,21,22). The van der Waals surface area contributed by atoms with Crippen LogP contribution < -0.4 is 5.32 Å². The average molecular weight is 305 g/mol. The zero-order valence-electron chi connectivity index (χ0n) is 14.2. The fourth-order valence-electron chi connectivity index (χ4n) is 2.46. The molecule has 0 aliphatic rings. The Labute approximate surface area is 132 Å². The summed E-state index contributed by atoms with van der Waals surface area (Å²) in [5, 5.41) is 11.9. The first-order valence-electron chi connectivity index (χ1n) is 7.73. The summed E-state index contributed by atoms with van der Waals surface area (Å²) in [5.41, 5.74) is 2.83. The minimum absolute atomic E-state index is 0.0497. The molecule has 1 aromatic carbocycles. The highest BCUT2D eigenvalue weighted by Crippen LogP contribution is 2.21. The van der Waals surface area contributed by atoms with Crippen LogP contribution in [0.25, 0.3) is 0 Å². The van der Waals surface area contributed by atoms with Gasteiger partial charge in [0, 0.05) is 12.0 Å². The van der Waals surface area contributed by atoms with Crippen LogP contribution in [0.4, 0.5) is 0 Å². The molecule has 4 heteroatoms. The van der Waals surface area contributed by atoms with Crippen molar-refractivity contribution in [3.63, 3.8) is 0 Å². The summed E-state index contributed by atoms with van der Waals surface area (Å²) < 4.78 is 0. The fourth-order valence-corrected chi connectivity index (χ4v) is 2.46. The van der Waals surface area contributed by atoms with Crippen LogP contribution in [0.5, 0.6) is 0 Å². The van der Waals surface area contributed by atoms with Gasteiger partial charge in [0.2, 0.25) is 5.91 Å². The van der Waals surface area contributed by atoms with Crippen LogP contribution in [-0.2, 0) is 16.0 Å². The van der Waals surface area contributed by atoms with E-state index in [1.807, 2.05) is 33.8 Å². The minimum Gasteiger partial charge on any atom is -0.481 e. The molecule has 0 saturated carbocycles. The maximum atomic E-state index is 12.2. The fraction of sp³-hybridized carbons (Fsp3) is 0.556. The van der Waals surface area contributed by atoms with Crippen molar-refractivity contribution in [1.82, 2.24) is 5.32 Å². The second-order valence-electron chi connectivity index (χ2n) is 6.62. The number of rotatable bonds is 7. The van der Waals surface area contributed by atoms with Gasteiger partial charge in [0.25, 0.3) is 0 Å². The van der Waals surface area contributed by atoms with Crippen molar-refractivity contribution in [3.8, 4) is 0 Å². The molecule has 22 heavy (non-hydrogen) atoms. The van der Waals surface area contributed by atoms with Gasteiger partial charge in [0.05, 0.1) is 6.42 Å². The van der Waals surface area contributed by atoms with E-state index in [4.69, 9.17) is 5.11 Å². The zero-order valence-corrected chi connectivity index (χ0v) is 14.2. The molecule has 122 valence electrons. The summed E-state index contributed by atoms with van der Waals surface area (Å²) >= 11 is 0. The van der Waals surface area contributed by atoms with Crippen molar-refractivity contribution in [2.75, 3.05) is 0 Å². The summed E-state index contributed by atoms with van der Waals surface area (Å²) in [6, 6.07) is 6.20. The summed E-state index contributed by atoms with van der Waals surface area (Å²) in [5.74, 6) is -0.947. The van der Waals surface area contributed by atoms with E-state index in [1.54, 1.807) is 6.92 Å². The zero-order chi connectivity index (χ0) is 16.9. The quantitative estimate of drug-likeness (QED) is 0.812. The van der Waals surface area contributed by atoms with Crippen LogP contribution >= 0.6 is 0 Å². The first-order valence-corrected chi connectivity index (χ1v) is 7.73. The third-order valence-electron chi connectivity index (χ3n) is 4.34. The molecule has 1 atom stereocenters. The van der Waals surface area contributed by atoms with E-state index in [0.29, 0.717) is 12.8 Å². The second kappa shape index (κ2) is 7.43. The lowest BCUT2D eigenvalue weighted by molar-refractivity contribution is -0.139. The SMILES string of the molecule is Cc1ccc(CCC(=O)NC(C)(CC(=O)O)C(C)C)c(C)c1. The molecule has 2 N–H and O–H groups in total. The third kappa shape index (κ3) is 5.17. The number of amides is 1. The van der Waals surface area contributed by atoms with Gasteiger partial charge in [-0.1, -0.05) is 37.6 Å². The van der Waals surface area contributed by atoms with Gasteiger partial charge in [0.1, 0.15) is 0 Å². The molecule has 0 bridgehead atoms. The number of carboxylic acid groups (broad SMARTS) is 1. The molecular weight excluding hydrogens is 278 g/mol. The van der Waals surface area contributed by atoms with E-state index in [9.17, 15) is 9.59 Å². The highest BCUT2D eigenvalue weighted by molar-refractivity contribution is 5.78. The van der Waals surface area contributed by atoms with Crippen LogP contribution in [0, 0.1) is 19.8 Å². The maximum absolute atomic E-state index is 12.2. The highest BCUT2D eigenvalue weighted by atomic mass is 16.4. The Morgan fingerprint density at radius 3 is 2.41 bits per heavy atom. The molecule has 0 radical (unpaired) electrons. The topological polar surface area (TPSA) is 66.4 Å². The lowest BCUT2D eigenvalue weighted by Gasteiger charge is -2.33. The van der Waals surface area contributed by atoms with Gasteiger partial charge in [-0.05, 0) is 44.2 Å². The number of benzene rings is 1. The summed E-state index contributed by atoms with van der Waals surface area (Å²) in [6.07, 6.45) is 0.963. The lowest BCUT2D eigenvalue weighted by atomic mass is 9.85. The van der Waals surface area contributed by atoms with Gasteiger partial charge in [-0.15, -0.1) is 0 Å². The van der Waals surface area contributed by atoms with Crippen molar-refractivity contribution in [1.29, 1.82) is 0 Å². The van der Waals surface area contributed by atoms with Crippen LogP contribution in [0.2, 0.25) is 0 Å². The molecule has 0 aliphatic carbocycles. The Balaban J connectivity index is 2.66. The molecule has 0 heterocycles. The largest absolute Gasteiger partial charge is 0.481 e. The van der Waals surface area contributed by atoms with Gasteiger partial charge < -0.3 is 10.4 Å². The van der Waals surface area contributed by atoms with Crippen molar-refractivity contribution >= 4 is 11.9 Å². The predicted octanol–water partition coefficient (Wildman–Crippen LogP) is 3.24. The first kappa shape index (κ1) is 18.2. The van der Waals surface area contributed by atoms with E-state index in [-0.39, 0.29) is 18.2 Å². The van der Waals surface area contributed by atoms with Crippen molar-refractivity contribution in [3.05, 3.63) is 34.9 Å². The third-order valence-corrected chi connectivity index (χ3v) is 4.34. The van der Waals surface area contributed by atoms with E-state index >= 15 is 0 Å². The first-order chi connectivity index (χ1) is 10.1. The Kier molecular flexibility index (Phi) is 6.15. The van der Waals surface area contributed by atoms with E-state index in [0.717, 1.165) is 5.56 Å². The van der Waals surface area contributed by atoms with Crippen LogP contribution in [0.15, 0.2) is 18.2 Å². The molecule has 0 saturated heterocycles. The minimum atomic E-state index is -0.897. The molecule has 0 aliphatic heterocycles.